The highest BCUT2D eigenvalue weighted by atomic mass is 79.9. The first kappa shape index (κ1) is 20.4. The van der Waals surface area contributed by atoms with Gasteiger partial charge in [0.05, 0.1) is 17.8 Å². The minimum absolute atomic E-state index is 0.101. The van der Waals surface area contributed by atoms with Crippen molar-refractivity contribution in [3.8, 4) is 0 Å². The molecule has 0 aliphatic carbocycles. The number of halogens is 1. The lowest BCUT2D eigenvalue weighted by Gasteiger charge is -2.35. The van der Waals surface area contributed by atoms with Gasteiger partial charge in [-0.3, -0.25) is 4.90 Å². The Hall–Kier alpha value is -1.37. The van der Waals surface area contributed by atoms with E-state index in [0.29, 0.717) is 5.56 Å². The Bertz CT molecular complexity index is 824. The number of fused-ring (bicyclic) bond motifs is 1. The number of carbonyl (C=O) groups excluding carboxylic acids is 1. The zero-order valence-corrected chi connectivity index (χ0v) is 18.1. The molecule has 27 heavy (non-hydrogen) atoms. The molecule has 3 rings (SSSR count). The van der Waals surface area contributed by atoms with Gasteiger partial charge in [-0.2, -0.15) is 0 Å². The molecule has 2 unspecified atom stereocenters. The summed E-state index contributed by atoms with van der Waals surface area (Å²) < 4.78 is 8.75. The smallest absolute Gasteiger partial charge is 0.338 e. The molecule has 5 nitrogen and oxygen atoms in total. The molecule has 0 spiro atoms. The van der Waals surface area contributed by atoms with Crippen LogP contribution in [0.4, 0.5) is 0 Å². The van der Waals surface area contributed by atoms with Crippen molar-refractivity contribution < 1.29 is 14.6 Å². The molecule has 2 atom stereocenters. The summed E-state index contributed by atoms with van der Waals surface area (Å²) in [6, 6.07) is 4.08. The normalized spacial score (nSPS) is 18.6. The maximum atomic E-state index is 12.8. The van der Waals surface area contributed by atoms with Gasteiger partial charge in [-0.25, -0.2) is 4.79 Å². The molecule has 1 saturated heterocycles. The number of rotatable bonds is 5. The molecule has 0 bridgehead atoms. The van der Waals surface area contributed by atoms with Crippen LogP contribution < -0.4 is 0 Å². The van der Waals surface area contributed by atoms with Gasteiger partial charge in [0.1, 0.15) is 0 Å². The second-order valence-electron chi connectivity index (χ2n) is 7.59. The third-order valence-corrected chi connectivity index (χ3v) is 6.14. The van der Waals surface area contributed by atoms with Crippen LogP contribution in [0.5, 0.6) is 0 Å². The number of hydrogen-bond donors (Lipinski definition) is 1. The topological polar surface area (TPSA) is 54.2 Å². The highest BCUT2D eigenvalue weighted by molar-refractivity contribution is 9.10. The average molecular weight is 437 g/mol. The minimum Gasteiger partial charge on any atom is -0.459 e. The summed E-state index contributed by atoms with van der Waals surface area (Å²) in [4.78, 5) is 15.2. The van der Waals surface area contributed by atoms with Gasteiger partial charge in [0.15, 0.2) is 0 Å². The number of aliphatic hydroxyl groups excluding tert-OH is 1. The number of esters is 1. The molecule has 6 heteroatoms. The van der Waals surface area contributed by atoms with Crippen molar-refractivity contribution in [1.29, 1.82) is 0 Å². The summed E-state index contributed by atoms with van der Waals surface area (Å²) in [5.41, 5.74) is 3.66. The minimum atomic E-state index is -0.260. The van der Waals surface area contributed by atoms with Crippen molar-refractivity contribution in [2.45, 2.75) is 65.2 Å². The number of nitrogens with zero attached hydrogens (tertiary/aromatic N) is 2. The van der Waals surface area contributed by atoms with E-state index in [1.54, 1.807) is 0 Å². The lowest BCUT2D eigenvalue weighted by atomic mass is 9.99. The van der Waals surface area contributed by atoms with Crippen molar-refractivity contribution in [1.82, 2.24) is 9.30 Å². The van der Waals surface area contributed by atoms with Crippen molar-refractivity contribution >= 4 is 27.4 Å². The molecule has 2 aromatic heterocycles. The molecular weight excluding hydrogens is 408 g/mol. The summed E-state index contributed by atoms with van der Waals surface area (Å²) in [5.74, 6) is -0.260. The Morgan fingerprint density at radius 1 is 1.33 bits per heavy atom. The fraction of sp³-hybridized carbons (Fsp3) is 0.571. The SMILES string of the molecule is CCC(C)OC(=O)c1cc2cc(Br)cn2c(C(C)N2CCC(O)CC2)c1C. The van der Waals surface area contributed by atoms with Gasteiger partial charge >= 0.3 is 5.97 Å². The Labute approximate surface area is 169 Å². The summed E-state index contributed by atoms with van der Waals surface area (Å²) >= 11 is 3.57. The quantitative estimate of drug-likeness (QED) is 0.701. The molecule has 1 aliphatic rings. The van der Waals surface area contributed by atoms with Gasteiger partial charge < -0.3 is 14.2 Å². The van der Waals surface area contributed by atoms with Crippen LogP contribution in [0, 0.1) is 6.92 Å². The van der Waals surface area contributed by atoms with E-state index in [-0.39, 0.29) is 24.2 Å². The van der Waals surface area contributed by atoms with Crippen molar-refractivity contribution in [3.63, 3.8) is 0 Å². The van der Waals surface area contributed by atoms with Crippen molar-refractivity contribution in [2.24, 2.45) is 0 Å². The molecule has 0 aromatic carbocycles. The molecule has 0 saturated carbocycles. The maximum absolute atomic E-state index is 12.8. The zero-order valence-electron chi connectivity index (χ0n) is 16.5. The van der Waals surface area contributed by atoms with Crippen LogP contribution in [-0.4, -0.2) is 45.7 Å². The molecule has 148 valence electrons. The van der Waals surface area contributed by atoms with Crippen LogP contribution in [0.2, 0.25) is 0 Å². The van der Waals surface area contributed by atoms with Gasteiger partial charge in [0.25, 0.3) is 0 Å². The predicted octanol–water partition coefficient (Wildman–Crippen LogP) is 4.48. The molecule has 1 aliphatic heterocycles. The number of aromatic nitrogens is 1. The van der Waals surface area contributed by atoms with Crippen molar-refractivity contribution in [3.05, 3.63) is 39.6 Å². The largest absolute Gasteiger partial charge is 0.459 e. The van der Waals surface area contributed by atoms with E-state index in [4.69, 9.17) is 4.74 Å². The van der Waals surface area contributed by atoms with E-state index in [2.05, 4.69) is 38.4 Å². The third kappa shape index (κ3) is 4.23. The van der Waals surface area contributed by atoms with Crippen LogP contribution in [-0.2, 0) is 4.74 Å². The van der Waals surface area contributed by atoms with E-state index >= 15 is 0 Å². The molecule has 1 fully saturated rings. The first-order valence-electron chi connectivity index (χ1n) is 9.76. The molecular formula is C21H29BrN2O3. The summed E-state index contributed by atoms with van der Waals surface area (Å²) in [6.45, 7) is 9.82. The highest BCUT2D eigenvalue weighted by Crippen LogP contribution is 2.32. The van der Waals surface area contributed by atoms with Gasteiger partial charge in [-0.15, -0.1) is 0 Å². The summed E-state index contributed by atoms with van der Waals surface area (Å²) in [6.07, 6.45) is 4.12. The zero-order chi connectivity index (χ0) is 19.7. The first-order valence-corrected chi connectivity index (χ1v) is 10.5. The van der Waals surface area contributed by atoms with Gasteiger partial charge in [0.2, 0.25) is 0 Å². The fourth-order valence-corrected chi connectivity index (χ4v) is 4.28. The van der Waals surface area contributed by atoms with Crippen LogP contribution >= 0.6 is 15.9 Å². The summed E-state index contributed by atoms with van der Waals surface area (Å²) in [7, 11) is 0. The Balaban J connectivity index is 2.04. The second kappa shape index (κ2) is 8.33. The molecule has 0 radical (unpaired) electrons. The second-order valence-corrected chi connectivity index (χ2v) is 8.50. The predicted molar refractivity (Wildman–Crippen MR) is 110 cm³/mol. The molecule has 1 N–H and O–H groups in total. The number of ether oxygens (including phenoxy) is 1. The number of piperidine rings is 1. The van der Waals surface area contributed by atoms with E-state index < -0.39 is 0 Å². The molecule has 3 heterocycles. The van der Waals surface area contributed by atoms with E-state index in [1.807, 2.05) is 32.9 Å². The van der Waals surface area contributed by atoms with E-state index in [1.165, 1.54) is 0 Å². The fourth-order valence-electron chi connectivity index (χ4n) is 3.84. The Morgan fingerprint density at radius 3 is 2.63 bits per heavy atom. The van der Waals surface area contributed by atoms with Crippen LogP contribution in [0.15, 0.2) is 22.8 Å². The van der Waals surface area contributed by atoms with Crippen LogP contribution in [0.3, 0.4) is 0 Å². The lowest BCUT2D eigenvalue weighted by molar-refractivity contribution is 0.0333. The number of pyridine rings is 1. The van der Waals surface area contributed by atoms with Gasteiger partial charge in [-0.05, 0) is 73.7 Å². The van der Waals surface area contributed by atoms with Crippen LogP contribution in [0.1, 0.15) is 67.7 Å². The Morgan fingerprint density at radius 2 is 2.00 bits per heavy atom. The lowest BCUT2D eigenvalue weighted by Crippen LogP contribution is -2.38. The standard InChI is InChI=1S/C21H29BrN2O3/c1-5-13(2)27-21(26)19-11-17-10-16(22)12-24(17)20(14(19)3)15(4)23-8-6-18(25)7-9-23/h10-13,15,18,25H,5-9H2,1-4H3. The Kier molecular flexibility index (Phi) is 6.28. The average Bonchev–Trinajstić information content (AvgIpc) is 3.00. The third-order valence-electron chi connectivity index (χ3n) is 5.70. The molecule has 0 amide bonds. The number of aliphatic hydroxyl groups is 1. The highest BCUT2D eigenvalue weighted by Gasteiger charge is 2.27. The van der Waals surface area contributed by atoms with Gasteiger partial charge in [0, 0.05) is 41.0 Å². The maximum Gasteiger partial charge on any atom is 0.338 e. The van der Waals surface area contributed by atoms with E-state index in [0.717, 1.165) is 53.6 Å². The summed E-state index contributed by atoms with van der Waals surface area (Å²) in [5, 5.41) is 9.83. The van der Waals surface area contributed by atoms with E-state index in [9.17, 15) is 9.90 Å². The van der Waals surface area contributed by atoms with Crippen molar-refractivity contribution in [2.75, 3.05) is 13.1 Å². The number of likely N-dealkylation sites (tertiary alicyclic amines) is 1. The number of carbonyl (C=O) groups is 1. The molecule has 2 aromatic rings. The van der Waals surface area contributed by atoms with Crippen LogP contribution in [0.25, 0.3) is 5.52 Å². The van der Waals surface area contributed by atoms with Gasteiger partial charge in [-0.1, -0.05) is 6.92 Å². The number of hydrogen-bond acceptors (Lipinski definition) is 4. The monoisotopic (exact) mass is 436 g/mol. The first-order chi connectivity index (χ1) is 12.8.